The van der Waals surface area contributed by atoms with E-state index in [1.54, 1.807) is 0 Å². The number of carbonyl (C=O) groups excluding carboxylic acids is 1. The van der Waals surface area contributed by atoms with Gasteiger partial charge in [0, 0.05) is 25.4 Å². The molecule has 0 spiro atoms. The minimum absolute atomic E-state index is 0.305. The molecular formula is C16H29NO. The third-order valence-electron chi connectivity index (χ3n) is 4.53. The first-order valence-corrected chi connectivity index (χ1v) is 7.75. The predicted octanol–water partition coefficient (Wildman–Crippen LogP) is 3.50. The van der Waals surface area contributed by atoms with Gasteiger partial charge in [-0.15, -0.1) is 0 Å². The van der Waals surface area contributed by atoms with Crippen LogP contribution in [0.15, 0.2) is 0 Å². The summed E-state index contributed by atoms with van der Waals surface area (Å²) in [7, 11) is 0. The maximum Gasteiger partial charge on any atom is 0.137 e. The quantitative estimate of drug-likeness (QED) is 0.720. The Morgan fingerprint density at radius 2 is 2.00 bits per heavy atom. The summed E-state index contributed by atoms with van der Waals surface area (Å²) in [6.07, 6.45) is 7.00. The van der Waals surface area contributed by atoms with Gasteiger partial charge in [-0.3, -0.25) is 4.79 Å². The zero-order valence-electron chi connectivity index (χ0n) is 12.4. The highest BCUT2D eigenvalue weighted by Gasteiger charge is 2.35. The van der Waals surface area contributed by atoms with Crippen molar-refractivity contribution in [1.82, 2.24) is 4.90 Å². The largest absolute Gasteiger partial charge is 0.302 e. The molecular weight excluding hydrogens is 222 g/mol. The lowest BCUT2D eigenvalue weighted by molar-refractivity contribution is -0.127. The first-order valence-electron chi connectivity index (χ1n) is 7.75. The van der Waals surface area contributed by atoms with Gasteiger partial charge in [0.05, 0.1) is 0 Å². The van der Waals surface area contributed by atoms with E-state index in [2.05, 4.69) is 25.7 Å². The normalized spacial score (nSPS) is 27.8. The third-order valence-corrected chi connectivity index (χ3v) is 4.53. The second-order valence-electron chi connectivity index (χ2n) is 7.23. The Morgan fingerprint density at radius 1 is 1.28 bits per heavy atom. The monoisotopic (exact) mass is 251 g/mol. The summed E-state index contributed by atoms with van der Waals surface area (Å²) in [4.78, 5) is 14.7. The van der Waals surface area contributed by atoms with Gasteiger partial charge in [0.25, 0.3) is 0 Å². The van der Waals surface area contributed by atoms with Crippen LogP contribution < -0.4 is 0 Å². The van der Waals surface area contributed by atoms with Crippen LogP contribution in [0.4, 0.5) is 0 Å². The Bertz CT molecular complexity index is 293. The van der Waals surface area contributed by atoms with Crippen LogP contribution >= 0.6 is 0 Å². The van der Waals surface area contributed by atoms with E-state index < -0.39 is 0 Å². The van der Waals surface area contributed by atoms with Gasteiger partial charge in [-0.2, -0.15) is 0 Å². The molecule has 0 saturated heterocycles. The van der Waals surface area contributed by atoms with Gasteiger partial charge in [0.2, 0.25) is 0 Å². The minimum atomic E-state index is 0.305. The van der Waals surface area contributed by atoms with Gasteiger partial charge in [0.15, 0.2) is 0 Å². The van der Waals surface area contributed by atoms with Crippen molar-refractivity contribution in [2.24, 2.45) is 17.3 Å². The summed E-state index contributed by atoms with van der Waals surface area (Å²) in [5.41, 5.74) is 0.371. The van der Waals surface area contributed by atoms with Gasteiger partial charge in [-0.05, 0) is 50.0 Å². The highest BCUT2D eigenvalue weighted by atomic mass is 16.1. The summed E-state index contributed by atoms with van der Waals surface area (Å²) >= 11 is 0. The Morgan fingerprint density at radius 3 is 2.61 bits per heavy atom. The summed E-state index contributed by atoms with van der Waals surface area (Å²) < 4.78 is 0. The number of carbonyl (C=O) groups is 1. The van der Waals surface area contributed by atoms with Crippen molar-refractivity contribution < 1.29 is 4.79 Å². The molecule has 1 unspecified atom stereocenters. The van der Waals surface area contributed by atoms with Crippen LogP contribution in [-0.4, -0.2) is 30.3 Å². The number of Topliss-reactive ketones (excluding diaryl/α,β-unsaturated/α-hetero) is 1. The van der Waals surface area contributed by atoms with E-state index in [0.717, 1.165) is 31.7 Å². The van der Waals surface area contributed by atoms with Crippen molar-refractivity contribution in [1.29, 1.82) is 0 Å². The van der Waals surface area contributed by atoms with E-state index in [4.69, 9.17) is 0 Å². The fourth-order valence-corrected chi connectivity index (χ4v) is 3.27. The van der Waals surface area contributed by atoms with Gasteiger partial charge in [0.1, 0.15) is 5.78 Å². The van der Waals surface area contributed by atoms with E-state index in [1.807, 2.05) is 0 Å². The van der Waals surface area contributed by atoms with E-state index in [9.17, 15) is 4.79 Å². The topological polar surface area (TPSA) is 20.3 Å². The van der Waals surface area contributed by atoms with Crippen molar-refractivity contribution in [3.8, 4) is 0 Å². The van der Waals surface area contributed by atoms with Crippen molar-refractivity contribution in [2.45, 2.75) is 59.3 Å². The van der Waals surface area contributed by atoms with Crippen LogP contribution in [-0.2, 0) is 4.79 Å². The van der Waals surface area contributed by atoms with Gasteiger partial charge in [-0.25, -0.2) is 0 Å². The van der Waals surface area contributed by atoms with Gasteiger partial charge < -0.3 is 4.90 Å². The molecule has 0 amide bonds. The molecule has 0 heterocycles. The van der Waals surface area contributed by atoms with Gasteiger partial charge >= 0.3 is 0 Å². The first-order chi connectivity index (χ1) is 8.50. The second kappa shape index (κ2) is 5.73. The summed E-state index contributed by atoms with van der Waals surface area (Å²) in [6.45, 7) is 10.3. The predicted molar refractivity (Wildman–Crippen MR) is 75.6 cm³/mol. The average Bonchev–Trinajstić information content (AvgIpc) is 3.07. The molecule has 0 aromatic rings. The van der Waals surface area contributed by atoms with E-state index in [-0.39, 0.29) is 0 Å². The molecule has 0 N–H and O–H groups in total. The molecule has 2 fully saturated rings. The minimum Gasteiger partial charge on any atom is -0.302 e. The fraction of sp³-hybridized carbons (Fsp3) is 0.938. The van der Waals surface area contributed by atoms with Crippen LogP contribution in [0.1, 0.15) is 59.3 Å². The Balaban J connectivity index is 1.88. The maximum absolute atomic E-state index is 12.1. The first kappa shape index (κ1) is 14.0. The summed E-state index contributed by atoms with van der Waals surface area (Å²) in [5.74, 6) is 1.76. The lowest BCUT2D eigenvalue weighted by atomic mass is 9.71. The van der Waals surface area contributed by atoms with E-state index in [0.29, 0.717) is 17.1 Å². The van der Waals surface area contributed by atoms with Crippen molar-refractivity contribution in [2.75, 3.05) is 19.6 Å². The van der Waals surface area contributed by atoms with E-state index >= 15 is 0 Å². The number of hydrogen-bond donors (Lipinski definition) is 0. The second-order valence-corrected chi connectivity index (χ2v) is 7.23. The molecule has 104 valence electrons. The lowest BCUT2D eigenvalue weighted by Crippen LogP contribution is -2.40. The molecule has 2 aliphatic rings. The zero-order chi connectivity index (χ0) is 13.2. The number of ketones is 1. The molecule has 2 aliphatic carbocycles. The number of rotatable bonds is 6. The zero-order valence-corrected chi connectivity index (χ0v) is 12.4. The molecule has 18 heavy (non-hydrogen) atoms. The summed E-state index contributed by atoms with van der Waals surface area (Å²) in [6, 6.07) is 0. The molecule has 2 nitrogen and oxygen atoms in total. The SMILES string of the molecule is CCCN(CC1CC1)CC1CC(C)(C)CCC1=O. The van der Waals surface area contributed by atoms with Crippen molar-refractivity contribution in [3.05, 3.63) is 0 Å². The van der Waals surface area contributed by atoms with Crippen molar-refractivity contribution in [3.63, 3.8) is 0 Å². The molecule has 2 rings (SSSR count). The smallest absolute Gasteiger partial charge is 0.137 e. The lowest BCUT2D eigenvalue weighted by Gasteiger charge is -2.36. The van der Waals surface area contributed by atoms with Crippen LogP contribution in [0.2, 0.25) is 0 Å². The van der Waals surface area contributed by atoms with Crippen LogP contribution in [0, 0.1) is 17.3 Å². The third kappa shape index (κ3) is 4.08. The highest BCUT2D eigenvalue weighted by Crippen LogP contribution is 2.37. The number of nitrogens with zero attached hydrogens (tertiary/aromatic N) is 1. The van der Waals surface area contributed by atoms with Crippen LogP contribution in [0.5, 0.6) is 0 Å². The molecule has 0 bridgehead atoms. The summed E-state index contributed by atoms with van der Waals surface area (Å²) in [5, 5.41) is 0. The average molecular weight is 251 g/mol. The number of hydrogen-bond acceptors (Lipinski definition) is 2. The Hall–Kier alpha value is -0.370. The molecule has 0 aliphatic heterocycles. The van der Waals surface area contributed by atoms with Gasteiger partial charge in [-0.1, -0.05) is 20.8 Å². The fourth-order valence-electron chi connectivity index (χ4n) is 3.27. The standard InChI is InChI=1S/C16H29NO/c1-4-9-17(11-13-5-6-13)12-14-10-16(2,3)8-7-15(14)18/h13-14H,4-12H2,1-3H3. The van der Waals surface area contributed by atoms with E-state index in [1.165, 1.54) is 32.4 Å². The van der Waals surface area contributed by atoms with Crippen LogP contribution in [0.3, 0.4) is 0 Å². The van der Waals surface area contributed by atoms with Crippen LogP contribution in [0.25, 0.3) is 0 Å². The van der Waals surface area contributed by atoms with Crippen molar-refractivity contribution >= 4 is 5.78 Å². The Labute approximate surface area is 112 Å². The maximum atomic E-state index is 12.1. The molecule has 0 radical (unpaired) electrons. The molecule has 0 aromatic heterocycles. The molecule has 2 saturated carbocycles. The molecule has 2 heteroatoms. The molecule has 0 aromatic carbocycles. The molecule has 1 atom stereocenters. The Kier molecular flexibility index (Phi) is 4.47. The highest BCUT2D eigenvalue weighted by molar-refractivity contribution is 5.82.